The van der Waals surface area contributed by atoms with Crippen LogP contribution in [0, 0.1) is 34.0 Å². The van der Waals surface area contributed by atoms with Gasteiger partial charge in [0.05, 0.1) is 24.2 Å². The first-order valence-corrected chi connectivity index (χ1v) is 11.9. The van der Waals surface area contributed by atoms with Crippen LogP contribution in [0.4, 0.5) is 0 Å². The van der Waals surface area contributed by atoms with Crippen LogP contribution in [0.5, 0.6) is 0 Å². The molecule has 190 valence electrons. The molecule has 0 unspecified atom stereocenters. The van der Waals surface area contributed by atoms with Crippen LogP contribution in [0.15, 0.2) is 12.2 Å². The molecule has 2 aliphatic heterocycles. The predicted molar refractivity (Wildman–Crippen MR) is 113 cm³/mol. The summed E-state index contributed by atoms with van der Waals surface area (Å²) in [6.07, 6.45) is -5.36. The molecule has 0 aromatic rings. The van der Waals surface area contributed by atoms with E-state index in [-0.39, 0.29) is 18.6 Å². The summed E-state index contributed by atoms with van der Waals surface area (Å²) in [5.74, 6) is -6.15. The van der Waals surface area contributed by atoms with Gasteiger partial charge in [0, 0.05) is 42.4 Å². The molecule has 5 N–H and O–H groups in total. The number of fused-ring (bicyclic) bond motifs is 2. The first-order valence-electron chi connectivity index (χ1n) is 11.9. The maximum Gasteiger partial charge on any atom is 0.302 e. The smallest absolute Gasteiger partial charge is 0.302 e. The molecule has 10 nitrogen and oxygen atoms in total. The van der Waals surface area contributed by atoms with Crippen LogP contribution < -0.4 is 0 Å². The van der Waals surface area contributed by atoms with Crippen molar-refractivity contribution in [3.05, 3.63) is 12.2 Å². The van der Waals surface area contributed by atoms with E-state index in [0.717, 1.165) is 0 Å². The molecule has 0 aromatic carbocycles. The average Bonchev–Trinajstić information content (AvgIpc) is 2.85. The number of hydrogen-bond acceptors (Lipinski definition) is 10. The van der Waals surface area contributed by atoms with Gasteiger partial charge < -0.3 is 39.7 Å². The van der Waals surface area contributed by atoms with Crippen molar-refractivity contribution in [3.63, 3.8) is 0 Å². The van der Waals surface area contributed by atoms with E-state index >= 15 is 0 Å². The fraction of sp³-hybridized carbons (Fsp3) is 0.833. The van der Waals surface area contributed by atoms with E-state index in [4.69, 9.17) is 14.2 Å². The summed E-state index contributed by atoms with van der Waals surface area (Å²) >= 11 is 0. The minimum absolute atomic E-state index is 0.0625. The normalized spacial score (nSPS) is 55.4. The molecule has 34 heavy (non-hydrogen) atoms. The number of esters is 2. The average molecular weight is 483 g/mol. The number of aliphatic hydroxyl groups is 5. The first kappa shape index (κ1) is 24.1. The highest BCUT2D eigenvalue weighted by atomic mass is 16.7. The summed E-state index contributed by atoms with van der Waals surface area (Å²) in [4.78, 5) is 23.8. The lowest BCUT2D eigenvalue weighted by Crippen LogP contribution is -2.88. The summed E-state index contributed by atoms with van der Waals surface area (Å²) in [5, 5.41) is 58.1. The monoisotopic (exact) mass is 482 g/mol. The van der Waals surface area contributed by atoms with Crippen LogP contribution in [0.2, 0.25) is 0 Å². The number of carbonyl (C=O) groups is 2. The fourth-order valence-corrected chi connectivity index (χ4v) is 8.86. The lowest BCUT2D eigenvalue weighted by Gasteiger charge is -2.76. The van der Waals surface area contributed by atoms with Gasteiger partial charge in [-0.3, -0.25) is 9.59 Å². The topological polar surface area (TPSA) is 163 Å². The molecule has 4 aliphatic carbocycles. The van der Waals surface area contributed by atoms with Crippen molar-refractivity contribution in [1.82, 2.24) is 0 Å². The van der Waals surface area contributed by atoms with Crippen LogP contribution >= 0.6 is 0 Å². The Balaban J connectivity index is 1.76. The molecule has 4 saturated carbocycles. The second kappa shape index (κ2) is 7.24. The van der Waals surface area contributed by atoms with Crippen molar-refractivity contribution in [2.45, 2.75) is 82.9 Å². The van der Waals surface area contributed by atoms with Crippen LogP contribution in [-0.4, -0.2) is 80.6 Å². The zero-order chi connectivity index (χ0) is 25.0. The lowest BCUT2D eigenvalue weighted by molar-refractivity contribution is -0.520. The molecule has 2 saturated heterocycles. The third-order valence-corrected chi connectivity index (χ3v) is 9.80. The van der Waals surface area contributed by atoms with Gasteiger partial charge in [0.15, 0.2) is 6.29 Å². The Morgan fingerprint density at radius 1 is 1.09 bits per heavy atom. The van der Waals surface area contributed by atoms with Crippen molar-refractivity contribution < 1.29 is 49.3 Å². The van der Waals surface area contributed by atoms with E-state index in [1.165, 1.54) is 13.8 Å². The Bertz CT molecular complexity index is 937. The molecule has 6 fully saturated rings. The summed E-state index contributed by atoms with van der Waals surface area (Å²) in [5.41, 5.74) is -3.78. The molecule has 12 atom stereocenters. The summed E-state index contributed by atoms with van der Waals surface area (Å²) in [6, 6.07) is 0. The van der Waals surface area contributed by atoms with Crippen molar-refractivity contribution in [3.8, 4) is 0 Å². The summed E-state index contributed by atoms with van der Waals surface area (Å²) < 4.78 is 16.8. The number of rotatable bonds is 3. The van der Waals surface area contributed by atoms with E-state index in [0.29, 0.717) is 19.3 Å². The second-order valence-electron chi connectivity index (χ2n) is 11.3. The van der Waals surface area contributed by atoms with Crippen LogP contribution in [0.1, 0.15) is 46.5 Å². The van der Waals surface area contributed by atoms with Gasteiger partial charge in [-0.05, 0) is 24.8 Å². The molecule has 0 amide bonds. The van der Waals surface area contributed by atoms with Gasteiger partial charge >= 0.3 is 11.9 Å². The van der Waals surface area contributed by atoms with E-state index in [9.17, 15) is 35.1 Å². The summed E-state index contributed by atoms with van der Waals surface area (Å²) in [6.45, 7) is 8.24. The highest BCUT2D eigenvalue weighted by Gasteiger charge is 2.89. The molecule has 0 aromatic heterocycles. The Labute approximate surface area is 197 Å². The van der Waals surface area contributed by atoms with Crippen molar-refractivity contribution in [2.24, 2.45) is 34.0 Å². The van der Waals surface area contributed by atoms with Crippen LogP contribution in [0.3, 0.4) is 0 Å². The molecular weight excluding hydrogens is 448 g/mol. The van der Waals surface area contributed by atoms with E-state index in [2.05, 4.69) is 6.58 Å². The van der Waals surface area contributed by atoms with Crippen molar-refractivity contribution in [2.75, 3.05) is 6.61 Å². The Hall–Kier alpha value is -1.56. The van der Waals surface area contributed by atoms with Crippen LogP contribution in [0.25, 0.3) is 0 Å². The van der Waals surface area contributed by atoms with E-state index in [1.54, 1.807) is 0 Å². The standard InChI is InChI=1S/C24H34O10/c1-10-13-8-14(33-12(3)26)15-22-7-5-6-21(4,9-32-11(2)25)16(22)19(29)24(31,34-20(22)30)23(15,17(10)27)18(13)28/h13-20,27-31H,1,5-9H2,2-4H3/t13-,14-,15-,16+,17+,18+,19-,20-,21-,22+,23-,24-/m0/s1. The summed E-state index contributed by atoms with van der Waals surface area (Å²) in [7, 11) is 0. The molecular formula is C24H34O10. The van der Waals surface area contributed by atoms with E-state index in [1.807, 2.05) is 6.92 Å². The first-order chi connectivity index (χ1) is 15.8. The van der Waals surface area contributed by atoms with Gasteiger partial charge in [0.2, 0.25) is 5.79 Å². The molecule has 2 heterocycles. The quantitative estimate of drug-likeness (QED) is 0.264. The molecule has 2 spiro atoms. The highest BCUT2D eigenvalue weighted by molar-refractivity contribution is 5.66. The van der Waals surface area contributed by atoms with Gasteiger partial charge in [0.25, 0.3) is 0 Å². The van der Waals surface area contributed by atoms with Gasteiger partial charge in [-0.1, -0.05) is 19.9 Å². The Morgan fingerprint density at radius 2 is 1.76 bits per heavy atom. The fourth-order valence-electron chi connectivity index (χ4n) is 8.86. The number of ether oxygens (including phenoxy) is 3. The predicted octanol–water partition coefficient (Wildman–Crippen LogP) is -0.400. The SMILES string of the molecule is C=C1[C@@H](O)[C@]23[C@H](O)[C@H]1C[C@H](OC(C)=O)[C@H]2[C@]12CCC[C@@](C)(COC(C)=O)[C@H]1[C@H](O)[C@]3(O)O[C@@H]2O. The zero-order valence-corrected chi connectivity index (χ0v) is 19.6. The molecule has 10 heteroatoms. The maximum absolute atomic E-state index is 12.1. The third-order valence-electron chi connectivity index (χ3n) is 9.80. The minimum Gasteiger partial charge on any atom is -0.465 e. The van der Waals surface area contributed by atoms with E-state index < -0.39 is 82.4 Å². The Kier molecular flexibility index (Phi) is 5.14. The molecule has 6 aliphatic rings. The lowest BCUT2D eigenvalue weighted by atomic mass is 9.35. The second-order valence-corrected chi connectivity index (χ2v) is 11.3. The van der Waals surface area contributed by atoms with Gasteiger partial charge in [0.1, 0.15) is 12.2 Å². The van der Waals surface area contributed by atoms with Gasteiger partial charge in [-0.2, -0.15) is 0 Å². The van der Waals surface area contributed by atoms with Crippen molar-refractivity contribution >= 4 is 11.9 Å². The van der Waals surface area contributed by atoms with Crippen molar-refractivity contribution in [1.29, 1.82) is 0 Å². The minimum atomic E-state index is -2.58. The van der Waals surface area contributed by atoms with Gasteiger partial charge in [-0.25, -0.2) is 0 Å². The maximum atomic E-state index is 12.1. The van der Waals surface area contributed by atoms with Crippen LogP contribution in [-0.2, 0) is 23.8 Å². The number of hydrogen-bond donors (Lipinski definition) is 5. The van der Waals surface area contributed by atoms with Gasteiger partial charge in [-0.15, -0.1) is 0 Å². The zero-order valence-electron chi connectivity index (χ0n) is 19.6. The third kappa shape index (κ3) is 2.51. The molecule has 0 radical (unpaired) electrons. The molecule has 6 rings (SSSR count). The largest absolute Gasteiger partial charge is 0.465 e. The Morgan fingerprint density at radius 3 is 2.38 bits per heavy atom. The number of carbonyl (C=O) groups excluding carboxylic acids is 2. The number of aliphatic hydroxyl groups excluding tert-OH is 4. The highest BCUT2D eigenvalue weighted by Crippen LogP contribution is 2.78. The molecule has 4 bridgehead atoms.